The average molecular weight is 352 g/mol. The van der Waals surface area contributed by atoms with Crippen molar-refractivity contribution in [3.8, 4) is 0 Å². The van der Waals surface area contributed by atoms with Gasteiger partial charge in [0.1, 0.15) is 6.54 Å². The van der Waals surface area contributed by atoms with Crippen LogP contribution < -0.4 is 5.32 Å². The van der Waals surface area contributed by atoms with E-state index in [0.29, 0.717) is 15.7 Å². The highest BCUT2D eigenvalue weighted by atomic mass is 35.5. The van der Waals surface area contributed by atoms with Crippen molar-refractivity contribution in [1.82, 2.24) is 9.88 Å². The lowest BCUT2D eigenvalue weighted by Crippen LogP contribution is -2.49. The summed E-state index contributed by atoms with van der Waals surface area (Å²) in [6.07, 6.45) is 1.61. The van der Waals surface area contributed by atoms with Crippen LogP contribution in [0.15, 0.2) is 35.8 Å². The summed E-state index contributed by atoms with van der Waals surface area (Å²) in [6, 6.07) is 6.82. The van der Waals surface area contributed by atoms with E-state index in [1.54, 1.807) is 35.8 Å². The Balaban J connectivity index is 2.19. The highest BCUT2D eigenvalue weighted by molar-refractivity contribution is 7.13. The van der Waals surface area contributed by atoms with E-state index in [4.69, 9.17) is 11.6 Å². The molecule has 0 saturated heterocycles. The average Bonchev–Trinajstić information content (AvgIpc) is 2.96. The Hall–Kier alpha value is -1.92. The maximum Gasteiger partial charge on any atom is 0.256 e. The van der Waals surface area contributed by atoms with Gasteiger partial charge in [0.05, 0.1) is 10.6 Å². The minimum Gasteiger partial charge on any atom is -0.324 e. The lowest BCUT2D eigenvalue weighted by atomic mass is 10.0. The van der Waals surface area contributed by atoms with Crippen LogP contribution in [-0.2, 0) is 4.79 Å². The van der Waals surface area contributed by atoms with E-state index >= 15 is 0 Å². The molecule has 0 aliphatic heterocycles. The van der Waals surface area contributed by atoms with Crippen molar-refractivity contribution in [1.29, 1.82) is 0 Å². The molecule has 7 heteroatoms. The molecule has 2 amide bonds. The fourth-order valence-electron chi connectivity index (χ4n) is 1.98. The summed E-state index contributed by atoms with van der Waals surface area (Å²) in [4.78, 5) is 30.5. The van der Waals surface area contributed by atoms with E-state index in [1.807, 2.05) is 20.8 Å². The Morgan fingerprint density at radius 1 is 1.30 bits per heavy atom. The lowest BCUT2D eigenvalue weighted by molar-refractivity contribution is -0.117. The molecule has 23 heavy (non-hydrogen) atoms. The number of nitrogens with one attached hydrogen (secondary N) is 1. The molecule has 0 bridgehead atoms. The van der Waals surface area contributed by atoms with Crippen molar-refractivity contribution in [2.45, 2.75) is 26.3 Å². The smallest absolute Gasteiger partial charge is 0.256 e. The third-order valence-electron chi connectivity index (χ3n) is 3.14. The van der Waals surface area contributed by atoms with Crippen molar-refractivity contribution in [2.24, 2.45) is 0 Å². The molecule has 2 aromatic rings. The number of hydrogen-bond donors (Lipinski definition) is 1. The SMILES string of the molecule is CC(C)(C)N(CC(=O)Nc1nccs1)C(=O)c1ccccc1Cl. The van der Waals surface area contributed by atoms with Crippen LogP contribution >= 0.6 is 22.9 Å². The summed E-state index contributed by atoms with van der Waals surface area (Å²) in [6.45, 7) is 5.54. The van der Waals surface area contributed by atoms with Crippen molar-refractivity contribution < 1.29 is 9.59 Å². The summed E-state index contributed by atoms with van der Waals surface area (Å²) in [5.41, 5.74) is -0.151. The van der Waals surface area contributed by atoms with Gasteiger partial charge in [0.25, 0.3) is 5.91 Å². The number of halogens is 1. The fraction of sp³-hybridized carbons (Fsp3) is 0.312. The Kier molecular flexibility index (Phi) is 5.38. The molecule has 5 nitrogen and oxygen atoms in total. The van der Waals surface area contributed by atoms with Crippen LogP contribution in [0.25, 0.3) is 0 Å². The summed E-state index contributed by atoms with van der Waals surface area (Å²) >= 11 is 7.43. The molecule has 122 valence electrons. The molecule has 1 heterocycles. The summed E-state index contributed by atoms with van der Waals surface area (Å²) in [5.74, 6) is -0.576. The predicted molar refractivity (Wildman–Crippen MR) is 93.0 cm³/mol. The van der Waals surface area contributed by atoms with Gasteiger partial charge in [-0.05, 0) is 32.9 Å². The largest absolute Gasteiger partial charge is 0.324 e. The van der Waals surface area contributed by atoms with E-state index in [-0.39, 0.29) is 18.4 Å². The predicted octanol–water partition coefficient (Wildman–Crippen LogP) is 3.68. The monoisotopic (exact) mass is 351 g/mol. The van der Waals surface area contributed by atoms with E-state index in [2.05, 4.69) is 10.3 Å². The van der Waals surface area contributed by atoms with Crippen LogP contribution in [0.3, 0.4) is 0 Å². The number of hydrogen-bond acceptors (Lipinski definition) is 4. The van der Waals surface area contributed by atoms with E-state index in [9.17, 15) is 9.59 Å². The number of rotatable bonds is 4. The summed E-state index contributed by atoms with van der Waals surface area (Å²) in [7, 11) is 0. The molecule has 0 unspecified atom stereocenters. The van der Waals surface area contributed by atoms with E-state index in [1.165, 1.54) is 16.2 Å². The van der Waals surface area contributed by atoms with E-state index in [0.717, 1.165) is 0 Å². The zero-order valence-electron chi connectivity index (χ0n) is 13.2. The first-order valence-electron chi connectivity index (χ1n) is 7.05. The molecule has 0 aliphatic carbocycles. The van der Waals surface area contributed by atoms with Gasteiger partial charge < -0.3 is 10.2 Å². The molecule has 1 N–H and O–H groups in total. The van der Waals surface area contributed by atoms with Crippen molar-refractivity contribution in [3.63, 3.8) is 0 Å². The van der Waals surface area contributed by atoms with Crippen LogP contribution in [0.4, 0.5) is 5.13 Å². The number of nitrogens with zero attached hydrogens (tertiary/aromatic N) is 2. The van der Waals surface area contributed by atoms with Gasteiger partial charge >= 0.3 is 0 Å². The Labute approximate surface area is 144 Å². The number of benzene rings is 1. The van der Waals surface area contributed by atoms with E-state index < -0.39 is 5.54 Å². The van der Waals surface area contributed by atoms with Crippen LogP contribution in [0, 0.1) is 0 Å². The van der Waals surface area contributed by atoms with Crippen LogP contribution in [0.5, 0.6) is 0 Å². The molecule has 0 saturated carbocycles. The zero-order valence-corrected chi connectivity index (χ0v) is 14.7. The highest BCUT2D eigenvalue weighted by Gasteiger charge is 2.30. The van der Waals surface area contributed by atoms with Gasteiger partial charge in [0.15, 0.2) is 5.13 Å². The molecular formula is C16H18ClN3O2S. The van der Waals surface area contributed by atoms with Crippen molar-refractivity contribution in [2.75, 3.05) is 11.9 Å². The second-order valence-electron chi connectivity index (χ2n) is 5.93. The van der Waals surface area contributed by atoms with Crippen LogP contribution in [0.1, 0.15) is 31.1 Å². The molecular weight excluding hydrogens is 334 g/mol. The van der Waals surface area contributed by atoms with Gasteiger partial charge in [-0.15, -0.1) is 11.3 Å². The lowest BCUT2D eigenvalue weighted by Gasteiger charge is -2.35. The van der Waals surface area contributed by atoms with Crippen molar-refractivity contribution in [3.05, 3.63) is 46.4 Å². The summed E-state index contributed by atoms with van der Waals surface area (Å²) < 4.78 is 0. The van der Waals surface area contributed by atoms with Gasteiger partial charge in [-0.3, -0.25) is 9.59 Å². The molecule has 1 aromatic heterocycles. The quantitative estimate of drug-likeness (QED) is 0.914. The van der Waals surface area contributed by atoms with Gasteiger partial charge in [0.2, 0.25) is 5.91 Å². The van der Waals surface area contributed by atoms with Gasteiger partial charge in [-0.1, -0.05) is 23.7 Å². The standard InChI is InChI=1S/C16H18ClN3O2S/c1-16(2,3)20(10-13(21)19-15-18-8-9-23-15)14(22)11-6-4-5-7-12(11)17/h4-9H,10H2,1-3H3,(H,18,19,21). The first-order chi connectivity index (χ1) is 10.8. The highest BCUT2D eigenvalue weighted by Crippen LogP contribution is 2.22. The minimum absolute atomic E-state index is 0.0763. The van der Waals surface area contributed by atoms with Gasteiger partial charge in [-0.25, -0.2) is 4.98 Å². The van der Waals surface area contributed by atoms with Crippen LogP contribution in [0.2, 0.25) is 5.02 Å². The van der Waals surface area contributed by atoms with Crippen molar-refractivity contribution >= 4 is 39.9 Å². The maximum atomic E-state index is 12.8. The molecule has 0 aliphatic rings. The van der Waals surface area contributed by atoms with Crippen LogP contribution in [-0.4, -0.2) is 33.8 Å². The van der Waals surface area contributed by atoms with Gasteiger partial charge in [-0.2, -0.15) is 0 Å². The third kappa shape index (κ3) is 4.53. The number of aromatic nitrogens is 1. The third-order valence-corrected chi connectivity index (χ3v) is 4.16. The normalized spacial score (nSPS) is 11.1. The Morgan fingerprint density at radius 3 is 2.57 bits per heavy atom. The number of carbonyl (C=O) groups excluding carboxylic acids is 2. The number of carbonyl (C=O) groups is 2. The molecule has 2 rings (SSSR count). The first kappa shape index (κ1) is 17.4. The topological polar surface area (TPSA) is 62.3 Å². The Morgan fingerprint density at radius 2 is 2.00 bits per heavy atom. The zero-order chi connectivity index (χ0) is 17.0. The fourth-order valence-corrected chi connectivity index (χ4v) is 2.74. The second-order valence-corrected chi connectivity index (χ2v) is 7.23. The minimum atomic E-state index is -0.531. The maximum absolute atomic E-state index is 12.8. The number of anilines is 1. The van der Waals surface area contributed by atoms with Gasteiger partial charge in [0, 0.05) is 17.1 Å². The molecule has 1 aromatic carbocycles. The first-order valence-corrected chi connectivity index (χ1v) is 8.30. The number of thiazole rings is 1. The molecule has 0 fully saturated rings. The second kappa shape index (κ2) is 7.10. The summed E-state index contributed by atoms with van der Waals surface area (Å²) in [5, 5.41) is 5.33. The molecule has 0 radical (unpaired) electrons. The molecule has 0 atom stereocenters. The molecule has 0 spiro atoms. The number of amides is 2. The Bertz CT molecular complexity index is 696.